The van der Waals surface area contributed by atoms with Crippen LogP contribution in [0.2, 0.25) is 0 Å². The van der Waals surface area contributed by atoms with Crippen LogP contribution in [0.3, 0.4) is 0 Å². The number of thioether (sulfide) groups is 1. The predicted molar refractivity (Wildman–Crippen MR) is 109 cm³/mol. The molecule has 0 N–H and O–H groups in total. The van der Waals surface area contributed by atoms with Crippen LogP contribution in [0.15, 0.2) is 52.1 Å². The summed E-state index contributed by atoms with van der Waals surface area (Å²) in [5.74, 6) is 1.90. The molecule has 1 saturated heterocycles. The number of anilines is 1. The third kappa shape index (κ3) is 3.63. The number of Topliss-reactive ketones (excluding diaryl/α,β-unsaturated/α-hetero) is 1. The smallest absolute Gasteiger partial charge is 0.277 e. The molecule has 0 radical (unpaired) electrons. The molecule has 2 aliphatic heterocycles. The molecule has 0 saturated carbocycles. The Bertz CT molecular complexity index is 1110. The van der Waals surface area contributed by atoms with Crippen molar-refractivity contribution < 1.29 is 23.5 Å². The maximum atomic E-state index is 12.5. The number of ketones is 1. The number of aromatic nitrogens is 2. The van der Waals surface area contributed by atoms with Gasteiger partial charge < -0.3 is 18.8 Å². The molecule has 0 bridgehead atoms. The molecule has 152 valence electrons. The monoisotopic (exact) mass is 423 g/mol. The lowest BCUT2D eigenvalue weighted by Gasteiger charge is -2.15. The van der Waals surface area contributed by atoms with Crippen LogP contribution in [-0.4, -0.2) is 41.0 Å². The molecule has 5 rings (SSSR count). The summed E-state index contributed by atoms with van der Waals surface area (Å²) in [6.07, 6.45) is 1.45. The number of carbonyl (C=O) groups is 2. The standard InChI is InChI=1S/C21H17N3O5S/c25-16(13-3-6-15(7-4-13)24-9-1-2-19(24)26)11-30-21-23-22-20(29-21)14-5-8-17-18(10-14)28-12-27-17/h3-8,10H,1-2,9,11-12H2. The molecule has 0 aliphatic carbocycles. The minimum absolute atomic E-state index is 0.0536. The summed E-state index contributed by atoms with van der Waals surface area (Å²) in [4.78, 5) is 26.1. The Kier molecular flexibility index (Phi) is 4.88. The fourth-order valence-electron chi connectivity index (χ4n) is 3.37. The molecule has 3 aromatic rings. The van der Waals surface area contributed by atoms with Crippen molar-refractivity contribution in [1.29, 1.82) is 0 Å². The molecule has 8 nitrogen and oxygen atoms in total. The van der Waals surface area contributed by atoms with Crippen molar-refractivity contribution in [3.63, 3.8) is 0 Å². The zero-order valence-corrected chi connectivity index (χ0v) is 16.7. The number of benzene rings is 2. The van der Waals surface area contributed by atoms with Gasteiger partial charge in [-0.05, 0) is 48.9 Å². The number of hydrogen-bond acceptors (Lipinski definition) is 8. The average Bonchev–Trinajstić information content (AvgIpc) is 3.52. The van der Waals surface area contributed by atoms with E-state index >= 15 is 0 Å². The van der Waals surface area contributed by atoms with Crippen LogP contribution in [-0.2, 0) is 4.79 Å². The maximum absolute atomic E-state index is 12.5. The quantitative estimate of drug-likeness (QED) is 0.439. The Morgan fingerprint density at radius 2 is 1.90 bits per heavy atom. The summed E-state index contributed by atoms with van der Waals surface area (Å²) in [6.45, 7) is 0.923. The van der Waals surface area contributed by atoms with E-state index in [1.807, 2.05) is 18.2 Å². The maximum Gasteiger partial charge on any atom is 0.277 e. The molecule has 1 aromatic heterocycles. The highest BCUT2D eigenvalue weighted by atomic mass is 32.2. The fraction of sp³-hybridized carbons (Fsp3) is 0.238. The van der Waals surface area contributed by atoms with E-state index in [1.165, 1.54) is 11.8 Å². The van der Waals surface area contributed by atoms with Crippen LogP contribution in [0, 0.1) is 0 Å². The highest BCUT2D eigenvalue weighted by Crippen LogP contribution is 2.36. The zero-order valence-electron chi connectivity index (χ0n) is 15.9. The van der Waals surface area contributed by atoms with Gasteiger partial charge >= 0.3 is 0 Å². The first kappa shape index (κ1) is 18.7. The van der Waals surface area contributed by atoms with E-state index in [0.717, 1.165) is 24.2 Å². The van der Waals surface area contributed by atoms with Crippen LogP contribution in [0.4, 0.5) is 5.69 Å². The van der Waals surface area contributed by atoms with Gasteiger partial charge in [-0.2, -0.15) is 0 Å². The molecule has 0 atom stereocenters. The van der Waals surface area contributed by atoms with Gasteiger partial charge in [0.05, 0.1) is 5.75 Å². The molecule has 2 aromatic carbocycles. The predicted octanol–water partition coefficient (Wildman–Crippen LogP) is 3.57. The molecule has 9 heteroatoms. The van der Waals surface area contributed by atoms with Gasteiger partial charge in [0.2, 0.25) is 18.6 Å². The normalized spacial score (nSPS) is 15.1. The summed E-state index contributed by atoms with van der Waals surface area (Å²) in [5, 5.41) is 8.36. The molecule has 1 fully saturated rings. The third-order valence-electron chi connectivity index (χ3n) is 4.93. The number of fused-ring (bicyclic) bond motifs is 1. The Hall–Kier alpha value is -3.33. The Labute approximate surface area is 176 Å². The first-order chi connectivity index (χ1) is 14.7. The van der Waals surface area contributed by atoms with Crippen LogP contribution < -0.4 is 14.4 Å². The second kappa shape index (κ2) is 7.83. The summed E-state index contributed by atoms with van der Waals surface area (Å²) in [5.41, 5.74) is 2.12. The van der Waals surface area contributed by atoms with Gasteiger partial charge in [-0.3, -0.25) is 9.59 Å². The van der Waals surface area contributed by atoms with Gasteiger partial charge in [0, 0.05) is 29.8 Å². The molecule has 2 aliphatic rings. The second-order valence-electron chi connectivity index (χ2n) is 6.85. The van der Waals surface area contributed by atoms with Gasteiger partial charge in [-0.25, -0.2) is 0 Å². The van der Waals surface area contributed by atoms with Crippen LogP contribution in [0.25, 0.3) is 11.5 Å². The number of nitrogens with zero attached hydrogens (tertiary/aromatic N) is 3. The van der Waals surface area contributed by atoms with Crippen molar-refractivity contribution in [3.8, 4) is 23.0 Å². The number of carbonyl (C=O) groups excluding carboxylic acids is 2. The third-order valence-corrected chi connectivity index (χ3v) is 5.75. The molecule has 0 unspecified atom stereocenters. The molecular weight excluding hydrogens is 406 g/mol. The lowest BCUT2D eigenvalue weighted by Crippen LogP contribution is -2.23. The van der Waals surface area contributed by atoms with Gasteiger partial charge in [0.15, 0.2) is 17.3 Å². The largest absolute Gasteiger partial charge is 0.454 e. The minimum Gasteiger partial charge on any atom is -0.454 e. The second-order valence-corrected chi connectivity index (χ2v) is 7.78. The zero-order chi connectivity index (χ0) is 20.5. The topological polar surface area (TPSA) is 94.8 Å². The van der Waals surface area contributed by atoms with E-state index in [-0.39, 0.29) is 24.2 Å². The number of rotatable bonds is 6. The number of hydrogen-bond donors (Lipinski definition) is 0. The van der Waals surface area contributed by atoms with Crippen molar-refractivity contribution in [2.75, 3.05) is 24.0 Å². The number of amides is 1. The van der Waals surface area contributed by atoms with Crippen LogP contribution in [0.1, 0.15) is 23.2 Å². The molecule has 0 spiro atoms. The SMILES string of the molecule is O=C(CSc1nnc(-c2ccc3c(c2)OCO3)o1)c1ccc(N2CCCC2=O)cc1. The minimum atomic E-state index is -0.0536. The Balaban J connectivity index is 1.21. The van der Waals surface area contributed by atoms with Crippen molar-refractivity contribution >= 4 is 29.1 Å². The van der Waals surface area contributed by atoms with Gasteiger partial charge in [0.25, 0.3) is 5.22 Å². The first-order valence-electron chi connectivity index (χ1n) is 9.47. The first-order valence-corrected chi connectivity index (χ1v) is 10.5. The van der Waals surface area contributed by atoms with E-state index in [1.54, 1.807) is 29.2 Å². The van der Waals surface area contributed by atoms with Crippen LogP contribution in [0.5, 0.6) is 11.5 Å². The lowest BCUT2D eigenvalue weighted by atomic mass is 10.1. The summed E-state index contributed by atoms with van der Waals surface area (Å²) >= 11 is 1.18. The summed E-state index contributed by atoms with van der Waals surface area (Å²) < 4.78 is 16.3. The number of ether oxygens (including phenoxy) is 2. The molecular formula is C21H17N3O5S. The lowest BCUT2D eigenvalue weighted by molar-refractivity contribution is -0.117. The van der Waals surface area contributed by atoms with E-state index < -0.39 is 0 Å². The highest BCUT2D eigenvalue weighted by Gasteiger charge is 2.22. The van der Waals surface area contributed by atoms with Crippen molar-refractivity contribution in [2.45, 2.75) is 18.1 Å². The summed E-state index contributed by atoms with van der Waals surface area (Å²) in [6, 6.07) is 12.5. The van der Waals surface area contributed by atoms with E-state index in [2.05, 4.69) is 10.2 Å². The fourth-order valence-corrected chi connectivity index (χ4v) is 4.03. The van der Waals surface area contributed by atoms with Crippen molar-refractivity contribution in [1.82, 2.24) is 10.2 Å². The Morgan fingerprint density at radius 1 is 1.07 bits per heavy atom. The van der Waals surface area contributed by atoms with Gasteiger partial charge in [0.1, 0.15) is 0 Å². The van der Waals surface area contributed by atoms with E-state index in [0.29, 0.717) is 34.6 Å². The molecule has 30 heavy (non-hydrogen) atoms. The van der Waals surface area contributed by atoms with Gasteiger partial charge in [-0.15, -0.1) is 10.2 Å². The molecule has 3 heterocycles. The molecule has 1 amide bonds. The highest BCUT2D eigenvalue weighted by molar-refractivity contribution is 7.99. The van der Waals surface area contributed by atoms with E-state index in [4.69, 9.17) is 13.9 Å². The van der Waals surface area contributed by atoms with Gasteiger partial charge in [-0.1, -0.05) is 11.8 Å². The Morgan fingerprint density at radius 3 is 2.70 bits per heavy atom. The van der Waals surface area contributed by atoms with E-state index in [9.17, 15) is 9.59 Å². The van der Waals surface area contributed by atoms with Crippen LogP contribution >= 0.6 is 11.8 Å². The summed E-state index contributed by atoms with van der Waals surface area (Å²) in [7, 11) is 0. The average molecular weight is 423 g/mol. The van der Waals surface area contributed by atoms with Crippen molar-refractivity contribution in [3.05, 3.63) is 48.0 Å². The van der Waals surface area contributed by atoms with Crippen molar-refractivity contribution in [2.24, 2.45) is 0 Å².